The fourth-order valence-corrected chi connectivity index (χ4v) is 3.04. The average molecular weight is 242 g/mol. The zero-order chi connectivity index (χ0) is 11.5. The molecule has 0 saturated carbocycles. The van der Waals surface area contributed by atoms with Gasteiger partial charge < -0.3 is 0 Å². The molecule has 2 rings (SSSR count). The molecule has 1 aliphatic rings. The third kappa shape index (κ3) is 2.61. The minimum absolute atomic E-state index is 0.0955. The Hall–Kier alpha value is -0.900. The van der Waals surface area contributed by atoms with Crippen LogP contribution in [0.4, 0.5) is 8.78 Å². The van der Waals surface area contributed by atoms with E-state index in [9.17, 15) is 13.6 Å². The molecule has 1 saturated heterocycles. The van der Waals surface area contributed by atoms with Gasteiger partial charge in [0.1, 0.15) is 5.78 Å². The van der Waals surface area contributed by atoms with Crippen LogP contribution in [-0.2, 0) is 11.2 Å². The minimum Gasteiger partial charge on any atom is -0.299 e. The van der Waals surface area contributed by atoms with Crippen molar-refractivity contribution in [3.05, 3.63) is 35.4 Å². The monoisotopic (exact) mass is 242 g/mol. The predicted molar refractivity (Wildman–Crippen MR) is 60.5 cm³/mol. The maximum Gasteiger partial charge on any atom is 0.159 e. The van der Waals surface area contributed by atoms with Crippen molar-refractivity contribution in [2.24, 2.45) is 5.92 Å². The van der Waals surface area contributed by atoms with Crippen molar-refractivity contribution in [3.63, 3.8) is 0 Å². The number of carbonyl (C=O) groups is 1. The molecule has 0 amide bonds. The van der Waals surface area contributed by atoms with E-state index < -0.39 is 11.6 Å². The second kappa shape index (κ2) is 4.95. The van der Waals surface area contributed by atoms with Gasteiger partial charge in [-0.3, -0.25) is 4.79 Å². The zero-order valence-electron chi connectivity index (χ0n) is 8.71. The lowest BCUT2D eigenvalue weighted by Crippen LogP contribution is -2.16. The molecule has 1 atom stereocenters. The maximum atomic E-state index is 12.9. The van der Waals surface area contributed by atoms with Crippen LogP contribution in [-0.4, -0.2) is 17.3 Å². The first-order valence-electron chi connectivity index (χ1n) is 5.21. The van der Waals surface area contributed by atoms with E-state index in [-0.39, 0.29) is 18.1 Å². The Kier molecular flexibility index (Phi) is 3.59. The van der Waals surface area contributed by atoms with Gasteiger partial charge in [-0.25, -0.2) is 8.78 Å². The lowest BCUT2D eigenvalue weighted by molar-refractivity contribution is -0.121. The van der Waals surface area contributed by atoms with Crippen LogP contribution >= 0.6 is 11.8 Å². The fraction of sp³-hybridized carbons (Fsp3) is 0.417. The molecule has 1 unspecified atom stereocenters. The van der Waals surface area contributed by atoms with E-state index in [0.29, 0.717) is 5.56 Å². The van der Waals surface area contributed by atoms with Gasteiger partial charge in [0.05, 0.1) is 0 Å². The van der Waals surface area contributed by atoms with Gasteiger partial charge in [0.2, 0.25) is 0 Å². The summed E-state index contributed by atoms with van der Waals surface area (Å²) in [7, 11) is 0. The topological polar surface area (TPSA) is 17.1 Å². The van der Waals surface area contributed by atoms with E-state index >= 15 is 0 Å². The van der Waals surface area contributed by atoms with Crippen LogP contribution in [0.3, 0.4) is 0 Å². The van der Waals surface area contributed by atoms with E-state index in [1.54, 1.807) is 11.8 Å². The molecule has 1 aromatic rings. The standard InChI is InChI=1S/C12H12F2OS/c13-10-2-1-8(5-11(10)14)6-12(15)9-3-4-16-7-9/h1-2,5,9H,3-4,6-7H2. The molecule has 1 heterocycles. The van der Waals surface area contributed by atoms with Gasteiger partial charge in [0, 0.05) is 18.1 Å². The Balaban J connectivity index is 2.02. The summed E-state index contributed by atoms with van der Waals surface area (Å²) in [6, 6.07) is 3.65. The van der Waals surface area contributed by atoms with Crippen molar-refractivity contribution in [2.75, 3.05) is 11.5 Å². The summed E-state index contributed by atoms with van der Waals surface area (Å²) >= 11 is 1.77. The molecule has 16 heavy (non-hydrogen) atoms. The number of rotatable bonds is 3. The number of benzene rings is 1. The summed E-state index contributed by atoms with van der Waals surface area (Å²) in [6.45, 7) is 0. The first kappa shape index (κ1) is 11.6. The van der Waals surface area contributed by atoms with Crippen molar-refractivity contribution in [2.45, 2.75) is 12.8 Å². The number of ketones is 1. The summed E-state index contributed by atoms with van der Waals surface area (Å²) in [5.74, 6) is 0.365. The lowest BCUT2D eigenvalue weighted by atomic mass is 9.97. The Morgan fingerprint density at radius 2 is 2.19 bits per heavy atom. The molecule has 1 nitrogen and oxygen atoms in total. The third-order valence-electron chi connectivity index (χ3n) is 2.75. The first-order valence-corrected chi connectivity index (χ1v) is 6.36. The number of hydrogen-bond acceptors (Lipinski definition) is 2. The van der Waals surface area contributed by atoms with Crippen molar-refractivity contribution < 1.29 is 13.6 Å². The quantitative estimate of drug-likeness (QED) is 0.810. The van der Waals surface area contributed by atoms with Crippen LogP contribution in [0.25, 0.3) is 0 Å². The zero-order valence-corrected chi connectivity index (χ0v) is 9.53. The Bertz CT molecular complexity index is 400. The minimum atomic E-state index is -0.883. The summed E-state index contributed by atoms with van der Waals surface area (Å²) in [4.78, 5) is 11.8. The molecule has 0 N–H and O–H groups in total. The molecular weight excluding hydrogens is 230 g/mol. The van der Waals surface area contributed by atoms with E-state index in [1.807, 2.05) is 0 Å². The highest BCUT2D eigenvalue weighted by molar-refractivity contribution is 7.99. The van der Waals surface area contributed by atoms with Crippen LogP contribution < -0.4 is 0 Å². The van der Waals surface area contributed by atoms with Gasteiger partial charge in [0.15, 0.2) is 11.6 Å². The summed E-state index contributed by atoms with van der Waals surface area (Å²) < 4.78 is 25.6. The van der Waals surface area contributed by atoms with E-state index in [4.69, 9.17) is 0 Å². The second-order valence-electron chi connectivity index (χ2n) is 3.95. The highest BCUT2D eigenvalue weighted by atomic mass is 32.2. The smallest absolute Gasteiger partial charge is 0.159 e. The van der Waals surface area contributed by atoms with Gasteiger partial charge in [-0.05, 0) is 29.9 Å². The van der Waals surface area contributed by atoms with Gasteiger partial charge >= 0.3 is 0 Å². The molecule has 1 aromatic carbocycles. The molecule has 4 heteroatoms. The van der Waals surface area contributed by atoms with Crippen molar-refractivity contribution in [3.8, 4) is 0 Å². The van der Waals surface area contributed by atoms with Crippen molar-refractivity contribution in [1.82, 2.24) is 0 Å². The summed E-state index contributed by atoms with van der Waals surface area (Å²) in [5.41, 5.74) is 0.556. The third-order valence-corrected chi connectivity index (χ3v) is 3.91. The van der Waals surface area contributed by atoms with Gasteiger partial charge in [0.25, 0.3) is 0 Å². The molecule has 0 radical (unpaired) electrons. The van der Waals surface area contributed by atoms with Crippen LogP contribution in [0.2, 0.25) is 0 Å². The van der Waals surface area contributed by atoms with Crippen LogP contribution in [0.1, 0.15) is 12.0 Å². The second-order valence-corrected chi connectivity index (χ2v) is 5.10. The molecule has 86 valence electrons. The summed E-state index contributed by atoms with van der Waals surface area (Å²) in [5, 5.41) is 0. The fourth-order valence-electron chi connectivity index (χ4n) is 1.78. The Morgan fingerprint density at radius 1 is 1.38 bits per heavy atom. The predicted octanol–water partition coefficient (Wildman–Crippen LogP) is 2.83. The normalized spacial score (nSPS) is 20.0. The molecule has 0 bridgehead atoms. The summed E-state index contributed by atoms with van der Waals surface area (Å²) in [6.07, 6.45) is 1.12. The van der Waals surface area contributed by atoms with E-state index in [2.05, 4.69) is 0 Å². The Labute approximate surface area is 97.2 Å². The van der Waals surface area contributed by atoms with Crippen molar-refractivity contribution >= 4 is 17.5 Å². The van der Waals surface area contributed by atoms with E-state index in [1.165, 1.54) is 6.07 Å². The largest absolute Gasteiger partial charge is 0.299 e. The number of hydrogen-bond donors (Lipinski definition) is 0. The highest BCUT2D eigenvalue weighted by Crippen LogP contribution is 2.25. The highest BCUT2D eigenvalue weighted by Gasteiger charge is 2.23. The SMILES string of the molecule is O=C(Cc1ccc(F)c(F)c1)C1CCSC1. The van der Waals surface area contributed by atoms with Crippen LogP contribution in [0, 0.1) is 17.6 Å². The van der Waals surface area contributed by atoms with Crippen LogP contribution in [0.15, 0.2) is 18.2 Å². The number of Topliss-reactive ketones (excluding diaryl/α,β-unsaturated/α-hetero) is 1. The molecular formula is C12H12F2OS. The molecule has 0 spiro atoms. The Morgan fingerprint density at radius 3 is 2.81 bits per heavy atom. The average Bonchev–Trinajstić information content (AvgIpc) is 2.77. The van der Waals surface area contributed by atoms with Gasteiger partial charge in [-0.1, -0.05) is 6.07 Å². The molecule has 1 fully saturated rings. The van der Waals surface area contributed by atoms with Crippen molar-refractivity contribution in [1.29, 1.82) is 0 Å². The lowest BCUT2D eigenvalue weighted by Gasteiger charge is -2.07. The maximum absolute atomic E-state index is 12.9. The number of thioether (sulfide) groups is 1. The molecule has 1 aliphatic heterocycles. The molecule has 0 aliphatic carbocycles. The van der Waals surface area contributed by atoms with E-state index in [0.717, 1.165) is 30.1 Å². The molecule has 0 aromatic heterocycles. The number of carbonyl (C=O) groups excluding carboxylic acids is 1. The van der Waals surface area contributed by atoms with Gasteiger partial charge in [-0.2, -0.15) is 11.8 Å². The van der Waals surface area contributed by atoms with Crippen LogP contribution in [0.5, 0.6) is 0 Å². The van der Waals surface area contributed by atoms with Gasteiger partial charge in [-0.15, -0.1) is 0 Å². The number of halogens is 2. The first-order chi connectivity index (χ1) is 7.66.